The molecule has 0 radical (unpaired) electrons. The summed E-state index contributed by atoms with van der Waals surface area (Å²) in [5, 5.41) is 0. The van der Waals surface area contributed by atoms with Gasteiger partial charge in [-0.3, -0.25) is 9.78 Å². The van der Waals surface area contributed by atoms with Crippen LogP contribution in [0.2, 0.25) is 0 Å². The van der Waals surface area contributed by atoms with Crippen molar-refractivity contribution in [1.82, 2.24) is 4.98 Å². The summed E-state index contributed by atoms with van der Waals surface area (Å²) in [6.07, 6.45) is 4.90. The number of fused-ring (bicyclic) bond motifs is 2. The van der Waals surface area contributed by atoms with E-state index in [0.717, 1.165) is 5.56 Å². The van der Waals surface area contributed by atoms with E-state index in [1.165, 1.54) is 6.07 Å². The number of ketones is 1. The van der Waals surface area contributed by atoms with Crippen LogP contribution in [0.25, 0.3) is 6.08 Å². The molecule has 7 heteroatoms. The Morgan fingerprint density at radius 1 is 1.03 bits per heavy atom. The number of benzene rings is 2. The van der Waals surface area contributed by atoms with Crippen molar-refractivity contribution >= 4 is 17.8 Å². The highest BCUT2D eigenvalue weighted by Gasteiger charge is 2.28. The zero-order valence-electron chi connectivity index (χ0n) is 15.0. The van der Waals surface area contributed by atoms with Crippen molar-refractivity contribution in [3.8, 4) is 23.0 Å². The van der Waals surface area contributed by atoms with Gasteiger partial charge in [0, 0.05) is 18.5 Å². The van der Waals surface area contributed by atoms with Crippen molar-refractivity contribution in [3.63, 3.8) is 0 Å². The van der Waals surface area contributed by atoms with Crippen molar-refractivity contribution in [3.05, 3.63) is 83.4 Å². The molecular weight excluding hydrogens is 374 g/mol. The fraction of sp³-hybridized carbons (Fsp3) is 0.0455. The molecule has 7 nitrogen and oxygen atoms in total. The first-order chi connectivity index (χ1) is 14.2. The Labute approximate surface area is 165 Å². The molecule has 1 aromatic heterocycles. The predicted molar refractivity (Wildman–Crippen MR) is 101 cm³/mol. The van der Waals surface area contributed by atoms with Gasteiger partial charge in [0.1, 0.15) is 11.5 Å². The van der Waals surface area contributed by atoms with Gasteiger partial charge in [-0.1, -0.05) is 6.07 Å². The summed E-state index contributed by atoms with van der Waals surface area (Å²) in [7, 11) is 0. The first-order valence-corrected chi connectivity index (χ1v) is 8.77. The molecule has 0 atom stereocenters. The Bertz CT molecular complexity index is 1170. The summed E-state index contributed by atoms with van der Waals surface area (Å²) in [5.41, 5.74) is 1.48. The summed E-state index contributed by atoms with van der Waals surface area (Å²) in [4.78, 5) is 29.0. The molecule has 2 aromatic carbocycles. The van der Waals surface area contributed by atoms with Crippen LogP contribution in [0.1, 0.15) is 26.3 Å². The number of hydrogen-bond acceptors (Lipinski definition) is 7. The molecule has 142 valence electrons. The normalized spacial score (nSPS) is 15.2. The average Bonchev–Trinajstić information content (AvgIpc) is 3.33. The van der Waals surface area contributed by atoms with E-state index < -0.39 is 5.97 Å². The van der Waals surface area contributed by atoms with Crippen molar-refractivity contribution in [1.29, 1.82) is 0 Å². The Morgan fingerprint density at radius 2 is 1.93 bits per heavy atom. The first kappa shape index (κ1) is 17.0. The van der Waals surface area contributed by atoms with Crippen LogP contribution in [0.3, 0.4) is 0 Å². The van der Waals surface area contributed by atoms with Gasteiger partial charge in [-0.15, -0.1) is 0 Å². The fourth-order valence-electron chi connectivity index (χ4n) is 3.03. The fourth-order valence-corrected chi connectivity index (χ4v) is 3.03. The Morgan fingerprint density at radius 3 is 2.79 bits per heavy atom. The van der Waals surface area contributed by atoms with Gasteiger partial charge in [0.25, 0.3) is 0 Å². The van der Waals surface area contributed by atoms with Crippen LogP contribution in [0.15, 0.2) is 66.7 Å². The van der Waals surface area contributed by atoms with E-state index in [0.29, 0.717) is 28.4 Å². The number of allylic oxidation sites excluding steroid dienone is 1. The molecule has 0 bridgehead atoms. The highest BCUT2D eigenvalue weighted by molar-refractivity contribution is 6.14. The summed E-state index contributed by atoms with van der Waals surface area (Å²) in [6.45, 7) is 0.124. The number of aromatic nitrogens is 1. The molecule has 2 aliphatic rings. The van der Waals surface area contributed by atoms with Crippen LogP contribution in [0.5, 0.6) is 23.0 Å². The second-order valence-electron chi connectivity index (χ2n) is 6.34. The lowest BCUT2D eigenvalue weighted by molar-refractivity contribution is 0.0734. The second-order valence-corrected chi connectivity index (χ2v) is 6.34. The van der Waals surface area contributed by atoms with Crippen molar-refractivity contribution in [2.75, 3.05) is 6.79 Å². The lowest BCUT2D eigenvalue weighted by Crippen LogP contribution is -2.08. The number of rotatable bonds is 3. The molecule has 2 aliphatic heterocycles. The van der Waals surface area contributed by atoms with Crippen LogP contribution in [-0.4, -0.2) is 23.5 Å². The van der Waals surface area contributed by atoms with E-state index in [-0.39, 0.29) is 24.1 Å². The van der Waals surface area contributed by atoms with Crippen molar-refractivity contribution < 1.29 is 28.5 Å². The average molecular weight is 387 g/mol. The van der Waals surface area contributed by atoms with E-state index in [2.05, 4.69) is 4.98 Å². The van der Waals surface area contributed by atoms with E-state index in [1.54, 1.807) is 54.9 Å². The minimum Gasteiger partial charge on any atom is -0.454 e. The highest BCUT2D eigenvalue weighted by atomic mass is 16.7. The van der Waals surface area contributed by atoms with E-state index in [4.69, 9.17) is 18.9 Å². The highest BCUT2D eigenvalue weighted by Crippen LogP contribution is 2.36. The van der Waals surface area contributed by atoms with Crippen LogP contribution >= 0.6 is 0 Å². The molecule has 0 fully saturated rings. The quantitative estimate of drug-likeness (QED) is 0.385. The zero-order valence-corrected chi connectivity index (χ0v) is 15.0. The standard InChI is InChI=1S/C22H13NO6/c24-21-16-5-4-15(10-18(16)29-20(21)8-13-2-1-7-23-11-13)28-22(25)14-3-6-17-19(9-14)27-12-26-17/h1-11H,12H2/b20-8+. The van der Waals surface area contributed by atoms with Gasteiger partial charge in [0.15, 0.2) is 17.3 Å². The number of nitrogens with zero attached hydrogens (tertiary/aromatic N) is 1. The van der Waals surface area contributed by atoms with Crippen LogP contribution in [0.4, 0.5) is 0 Å². The molecule has 3 heterocycles. The Hall–Kier alpha value is -4.13. The molecule has 0 N–H and O–H groups in total. The van der Waals surface area contributed by atoms with E-state index in [1.807, 2.05) is 6.07 Å². The van der Waals surface area contributed by atoms with E-state index >= 15 is 0 Å². The van der Waals surface area contributed by atoms with Gasteiger partial charge in [-0.05, 0) is 48.0 Å². The third kappa shape index (κ3) is 3.19. The number of ether oxygens (including phenoxy) is 4. The number of carbonyl (C=O) groups excluding carboxylic acids is 2. The Balaban J connectivity index is 1.36. The maximum absolute atomic E-state index is 12.5. The minimum absolute atomic E-state index is 0.124. The lowest BCUT2D eigenvalue weighted by atomic mass is 10.1. The van der Waals surface area contributed by atoms with Gasteiger partial charge < -0.3 is 18.9 Å². The third-order valence-corrected chi connectivity index (χ3v) is 4.44. The minimum atomic E-state index is -0.557. The molecular formula is C22H13NO6. The van der Waals surface area contributed by atoms with Crippen LogP contribution < -0.4 is 18.9 Å². The summed E-state index contributed by atoms with van der Waals surface area (Å²) >= 11 is 0. The first-order valence-electron chi connectivity index (χ1n) is 8.77. The summed E-state index contributed by atoms with van der Waals surface area (Å²) < 4.78 is 21.6. The molecule has 0 amide bonds. The van der Waals surface area contributed by atoms with Gasteiger partial charge in [-0.25, -0.2) is 4.79 Å². The van der Waals surface area contributed by atoms with E-state index in [9.17, 15) is 9.59 Å². The molecule has 0 saturated carbocycles. The van der Waals surface area contributed by atoms with Crippen LogP contribution in [-0.2, 0) is 0 Å². The zero-order chi connectivity index (χ0) is 19.8. The molecule has 3 aromatic rings. The maximum Gasteiger partial charge on any atom is 0.343 e. The smallest absolute Gasteiger partial charge is 0.343 e. The number of Topliss-reactive ketones (excluding diaryl/α,β-unsaturated/α-hetero) is 1. The monoisotopic (exact) mass is 387 g/mol. The molecule has 0 aliphatic carbocycles. The number of hydrogen-bond donors (Lipinski definition) is 0. The summed E-state index contributed by atoms with van der Waals surface area (Å²) in [5.74, 6) is 1.07. The van der Waals surface area contributed by atoms with Crippen LogP contribution in [0, 0.1) is 0 Å². The van der Waals surface area contributed by atoms with Gasteiger partial charge in [0.2, 0.25) is 12.6 Å². The molecule has 0 unspecified atom stereocenters. The van der Waals surface area contributed by atoms with Crippen molar-refractivity contribution in [2.45, 2.75) is 0 Å². The molecule has 0 saturated heterocycles. The third-order valence-electron chi connectivity index (χ3n) is 4.44. The summed E-state index contributed by atoms with van der Waals surface area (Å²) in [6, 6.07) is 13.0. The van der Waals surface area contributed by atoms with Crippen molar-refractivity contribution in [2.24, 2.45) is 0 Å². The largest absolute Gasteiger partial charge is 0.454 e. The predicted octanol–water partition coefficient (Wildman–Crippen LogP) is 3.65. The molecule has 5 rings (SSSR count). The number of carbonyl (C=O) groups is 2. The lowest BCUT2D eigenvalue weighted by Gasteiger charge is -2.06. The van der Waals surface area contributed by atoms with Gasteiger partial charge >= 0.3 is 5.97 Å². The number of esters is 1. The SMILES string of the molecule is O=C(Oc1ccc2c(c1)O/C(=C/c1cccnc1)C2=O)c1ccc2c(c1)OCO2. The maximum atomic E-state index is 12.5. The molecule has 29 heavy (non-hydrogen) atoms. The molecule has 0 spiro atoms. The van der Waals surface area contributed by atoms with Gasteiger partial charge in [0.05, 0.1) is 11.1 Å². The Kier molecular flexibility index (Phi) is 3.98. The van der Waals surface area contributed by atoms with Gasteiger partial charge in [-0.2, -0.15) is 0 Å². The second kappa shape index (κ2) is 6.79. The topological polar surface area (TPSA) is 84.0 Å². The number of pyridine rings is 1.